The molecule has 2 aromatic rings. The summed E-state index contributed by atoms with van der Waals surface area (Å²) < 4.78 is 3.04. The molecule has 1 N–H and O–H groups in total. The van der Waals surface area contributed by atoms with Gasteiger partial charge in [0.05, 0.1) is 22.5 Å². The molecule has 0 spiro atoms. The minimum Gasteiger partial charge on any atom is -0.321 e. The van der Waals surface area contributed by atoms with E-state index < -0.39 is 10.5 Å². The van der Waals surface area contributed by atoms with E-state index in [4.69, 9.17) is 0 Å². The van der Waals surface area contributed by atoms with Crippen LogP contribution in [0.4, 0.5) is 11.4 Å². The van der Waals surface area contributed by atoms with Crippen molar-refractivity contribution in [2.45, 2.75) is 39.8 Å². The molecule has 9 nitrogen and oxygen atoms in total. The van der Waals surface area contributed by atoms with Gasteiger partial charge in [-0.15, -0.1) is 0 Å². The van der Waals surface area contributed by atoms with E-state index in [1.165, 1.54) is 10.9 Å². The summed E-state index contributed by atoms with van der Waals surface area (Å²) in [6.45, 7) is 7.80. The van der Waals surface area contributed by atoms with Crippen molar-refractivity contribution in [3.8, 4) is 0 Å². The van der Waals surface area contributed by atoms with Crippen LogP contribution >= 0.6 is 0 Å². The SMILES string of the molecule is CCn1ncc(NC(=O)C(C)(C)n2cc([N+](=O)[O-])cn2)c1C. The fraction of sp³-hybridized carbons (Fsp3) is 0.462. The summed E-state index contributed by atoms with van der Waals surface area (Å²) in [6.07, 6.45) is 3.94. The molecule has 2 rings (SSSR count). The molecule has 0 bridgehead atoms. The molecule has 22 heavy (non-hydrogen) atoms. The van der Waals surface area contributed by atoms with Crippen LogP contribution in [-0.2, 0) is 16.9 Å². The Hall–Kier alpha value is -2.71. The lowest BCUT2D eigenvalue weighted by atomic mass is 10.0. The normalized spacial score (nSPS) is 11.5. The fourth-order valence-electron chi connectivity index (χ4n) is 1.98. The second-order valence-electron chi connectivity index (χ2n) is 5.37. The molecule has 0 atom stereocenters. The van der Waals surface area contributed by atoms with Crippen LogP contribution in [0.15, 0.2) is 18.6 Å². The standard InChI is InChI=1S/C13H18N6O3/c1-5-17-9(2)11(7-14-17)16-12(20)13(3,4)18-8-10(6-15-18)19(21)22/h6-8H,5H2,1-4H3,(H,16,20). The highest BCUT2D eigenvalue weighted by Gasteiger charge is 2.32. The molecule has 0 aliphatic carbocycles. The Kier molecular flexibility index (Phi) is 3.98. The summed E-state index contributed by atoms with van der Waals surface area (Å²) in [5.74, 6) is -0.329. The molecule has 0 aromatic carbocycles. The monoisotopic (exact) mass is 306 g/mol. The Morgan fingerprint density at radius 1 is 1.41 bits per heavy atom. The van der Waals surface area contributed by atoms with Crippen molar-refractivity contribution in [2.24, 2.45) is 0 Å². The molecule has 0 fully saturated rings. The average molecular weight is 306 g/mol. The molecule has 0 unspecified atom stereocenters. The molecule has 2 aromatic heterocycles. The maximum atomic E-state index is 12.5. The first-order valence-corrected chi connectivity index (χ1v) is 6.80. The van der Waals surface area contributed by atoms with Crippen molar-refractivity contribution in [3.63, 3.8) is 0 Å². The Morgan fingerprint density at radius 2 is 2.09 bits per heavy atom. The van der Waals surface area contributed by atoms with Crippen LogP contribution in [0.3, 0.4) is 0 Å². The van der Waals surface area contributed by atoms with Gasteiger partial charge in [-0.3, -0.25) is 24.3 Å². The first-order chi connectivity index (χ1) is 10.3. The highest BCUT2D eigenvalue weighted by Crippen LogP contribution is 2.22. The van der Waals surface area contributed by atoms with Crippen LogP contribution in [-0.4, -0.2) is 30.4 Å². The minimum absolute atomic E-state index is 0.157. The van der Waals surface area contributed by atoms with Crippen molar-refractivity contribution >= 4 is 17.3 Å². The Balaban J connectivity index is 2.22. The molecule has 2 heterocycles. The van der Waals surface area contributed by atoms with E-state index >= 15 is 0 Å². The number of hydrogen-bond donors (Lipinski definition) is 1. The Labute approximate surface area is 127 Å². The van der Waals surface area contributed by atoms with Gasteiger partial charge in [-0.25, -0.2) is 0 Å². The quantitative estimate of drug-likeness (QED) is 0.668. The number of anilines is 1. The zero-order valence-electron chi connectivity index (χ0n) is 12.9. The van der Waals surface area contributed by atoms with Gasteiger partial charge in [0, 0.05) is 6.54 Å². The van der Waals surface area contributed by atoms with Crippen molar-refractivity contribution in [1.29, 1.82) is 0 Å². The van der Waals surface area contributed by atoms with Gasteiger partial charge in [-0.2, -0.15) is 10.2 Å². The van der Waals surface area contributed by atoms with Gasteiger partial charge in [0.25, 0.3) is 5.91 Å². The Bertz CT molecular complexity index is 715. The van der Waals surface area contributed by atoms with E-state index in [9.17, 15) is 14.9 Å². The largest absolute Gasteiger partial charge is 0.321 e. The molecule has 0 aliphatic rings. The second kappa shape index (κ2) is 5.58. The van der Waals surface area contributed by atoms with Gasteiger partial charge >= 0.3 is 5.69 Å². The topological polar surface area (TPSA) is 108 Å². The van der Waals surface area contributed by atoms with Gasteiger partial charge in [0.2, 0.25) is 0 Å². The van der Waals surface area contributed by atoms with Gasteiger partial charge in [0.1, 0.15) is 17.9 Å². The molecule has 0 radical (unpaired) electrons. The lowest BCUT2D eigenvalue weighted by Crippen LogP contribution is -2.40. The maximum absolute atomic E-state index is 12.5. The summed E-state index contributed by atoms with van der Waals surface area (Å²) in [5.41, 5.74) is 0.227. The number of hydrogen-bond acceptors (Lipinski definition) is 5. The highest BCUT2D eigenvalue weighted by molar-refractivity contribution is 5.96. The molecular weight excluding hydrogens is 288 g/mol. The number of rotatable bonds is 5. The summed E-state index contributed by atoms with van der Waals surface area (Å²) in [7, 11) is 0. The highest BCUT2D eigenvalue weighted by atomic mass is 16.6. The molecule has 1 amide bonds. The number of carbonyl (C=O) groups is 1. The third-order valence-corrected chi connectivity index (χ3v) is 3.56. The number of nitrogens with one attached hydrogen (secondary N) is 1. The van der Waals surface area contributed by atoms with Crippen LogP contribution in [0.1, 0.15) is 26.5 Å². The fourth-order valence-corrected chi connectivity index (χ4v) is 1.98. The van der Waals surface area contributed by atoms with Gasteiger partial charge < -0.3 is 5.32 Å². The van der Waals surface area contributed by atoms with E-state index in [0.717, 1.165) is 11.9 Å². The van der Waals surface area contributed by atoms with E-state index in [0.29, 0.717) is 12.2 Å². The second-order valence-corrected chi connectivity index (χ2v) is 5.37. The number of nitrogens with zero attached hydrogens (tertiary/aromatic N) is 5. The summed E-state index contributed by atoms with van der Waals surface area (Å²) in [6, 6.07) is 0. The summed E-state index contributed by atoms with van der Waals surface area (Å²) in [5, 5.41) is 21.6. The van der Waals surface area contributed by atoms with Crippen LogP contribution in [0.25, 0.3) is 0 Å². The molecule has 9 heteroatoms. The molecular formula is C13H18N6O3. The third-order valence-electron chi connectivity index (χ3n) is 3.56. The zero-order valence-corrected chi connectivity index (χ0v) is 12.9. The number of aromatic nitrogens is 4. The van der Waals surface area contributed by atoms with E-state index in [1.54, 1.807) is 24.7 Å². The average Bonchev–Trinajstić information content (AvgIpc) is 3.07. The van der Waals surface area contributed by atoms with Crippen molar-refractivity contribution in [3.05, 3.63) is 34.4 Å². The summed E-state index contributed by atoms with van der Waals surface area (Å²) >= 11 is 0. The van der Waals surface area contributed by atoms with Crippen molar-refractivity contribution < 1.29 is 9.72 Å². The Morgan fingerprint density at radius 3 is 2.59 bits per heavy atom. The van der Waals surface area contributed by atoms with Gasteiger partial charge in [-0.1, -0.05) is 0 Å². The number of aryl methyl sites for hydroxylation is 1. The molecule has 0 saturated carbocycles. The molecule has 0 saturated heterocycles. The summed E-state index contributed by atoms with van der Waals surface area (Å²) in [4.78, 5) is 22.7. The lowest BCUT2D eigenvalue weighted by molar-refractivity contribution is -0.385. The predicted octanol–water partition coefficient (Wildman–Crippen LogP) is 1.69. The third kappa shape index (κ3) is 2.69. The smallest absolute Gasteiger partial charge is 0.307 e. The van der Waals surface area contributed by atoms with Gasteiger partial charge in [-0.05, 0) is 27.7 Å². The van der Waals surface area contributed by atoms with Crippen LogP contribution < -0.4 is 5.32 Å². The lowest BCUT2D eigenvalue weighted by Gasteiger charge is -2.23. The maximum Gasteiger partial charge on any atom is 0.307 e. The van der Waals surface area contributed by atoms with Crippen LogP contribution in [0.5, 0.6) is 0 Å². The zero-order chi connectivity index (χ0) is 16.5. The first kappa shape index (κ1) is 15.7. The van der Waals surface area contributed by atoms with Crippen LogP contribution in [0.2, 0.25) is 0 Å². The van der Waals surface area contributed by atoms with Crippen molar-refractivity contribution in [2.75, 3.05) is 5.32 Å². The van der Waals surface area contributed by atoms with E-state index in [1.807, 2.05) is 13.8 Å². The number of carbonyl (C=O) groups excluding carboxylic acids is 1. The molecule has 0 aliphatic heterocycles. The predicted molar refractivity (Wildman–Crippen MR) is 79.5 cm³/mol. The van der Waals surface area contributed by atoms with Gasteiger partial charge in [0.15, 0.2) is 0 Å². The van der Waals surface area contributed by atoms with E-state index in [-0.39, 0.29) is 11.6 Å². The molecule has 118 valence electrons. The first-order valence-electron chi connectivity index (χ1n) is 6.80. The van der Waals surface area contributed by atoms with Crippen LogP contribution in [0, 0.1) is 17.0 Å². The van der Waals surface area contributed by atoms with E-state index in [2.05, 4.69) is 15.5 Å². The number of nitro groups is 1. The van der Waals surface area contributed by atoms with Crippen molar-refractivity contribution in [1.82, 2.24) is 19.6 Å². The minimum atomic E-state index is -1.07. The number of amides is 1.